The van der Waals surface area contributed by atoms with Crippen molar-refractivity contribution in [2.75, 3.05) is 5.73 Å². The molecule has 3 aromatic heterocycles. The average molecular weight is 1350 g/mol. The fraction of sp³-hybridized carbons (Fsp3) is 0.105. The summed E-state index contributed by atoms with van der Waals surface area (Å²) >= 11 is 17.1. The summed E-state index contributed by atoms with van der Waals surface area (Å²) in [6.45, 7) is 34.0. The van der Waals surface area contributed by atoms with Crippen LogP contribution in [-0.2, 0) is 47.8 Å². The second kappa shape index (κ2) is 51.2. The van der Waals surface area contributed by atoms with Gasteiger partial charge in [-0.1, -0.05) is 102 Å². The Bertz CT molecular complexity index is 3570. The molecule has 3 radical (unpaired) electrons. The molecule has 0 saturated heterocycles. The van der Waals surface area contributed by atoms with E-state index in [1.807, 2.05) is 119 Å². The number of hydrogen-bond acceptors (Lipinski definition) is 16. The first kappa shape index (κ1) is 95.0. The number of benzene rings is 4. The van der Waals surface area contributed by atoms with Gasteiger partial charge < -0.3 is 93.5 Å². The number of para-hydroxylation sites is 4. The first-order valence-electron chi connectivity index (χ1n) is 22.3. The van der Waals surface area contributed by atoms with Crippen LogP contribution in [0.25, 0.3) is 17.1 Å². The van der Waals surface area contributed by atoms with E-state index < -0.39 is 0 Å². The summed E-state index contributed by atoms with van der Waals surface area (Å²) in [4.78, 5) is 68.7. The van der Waals surface area contributed by atoms with E-state index in [0.29, 0.717) is 33.5 Å². The molecule has 0 saturated carbocycles. The second-order valence-corrected chi connectivity index (χ2v) is 16.4. The van der Waals surface area contributed by atoms with Gasteiger partial charge in [0.1, 0.15) is 11.4 Å². The Hall–Kier alpha value is -5.69. The molecule has 0 atom stereocenters. The van der Waals surface area contributed by atoms with Crippen LogP contribution in [0.3, 0.4) is 0 Å². The number of aromatic hydroxyl groups is 1. The number of phenolic OH excluding ortho intramolecular Hbond substituents is 1. The van der Waals surface area contributed by atoms with Crippen LogP contribution >= 0.6 is 34.8 Å². The second-order valence-electron chi connectivity index (χ2n) is 15.2. The van der Waals surface area contributed by atoms with Crippen molar-refractivity contribution in [1.29, 1.82) is 31.6 Å². The Balaban J connectivity index is -0.000000188. The molecule has 23 nitrogen and oxygen atoms in total. The van der Waals surface area contributed by atoms with Crippen molar-refractivity contribution in [3.8, 4) is 22.8 Å². The molecule has 433 valence electrons. The number of carbonyl (C=O) groups excluding carboxylic acids is 2. The number of aliphatic imine (C=N–C) groups is 2. The van der Waals surface area contributed by atoms with Crippen molar-refractivity contribution in [3.63, 3.8) is 0 Å². The van der Waals surface area contributed by atoms with Gasteiger partial charge in [-0.2, -0.15) is 0 Å². The topological polar surface area (TPSA) is 395 Å². The van der Waals surface area contributed by atoms with Gasteiger partial charge in [0.2, 0.25) is 0 Å². The zero-order valence-electron chi connectivity index (χ0n) is 48.5. The van der Waals surface area contributed by atoms with Crippen LogP contribution in [-0.4, -0.2) is 216 Å². The van der Waals surface area contributed by atoms with Crippen LogP contribution in [0.2, 0.25) is 5.02 Å². The molecule has 87 heavy (non-hydrogen) atoms. The number of nitrogen functional groups attached to an aromatic ring is 1. The van der Waals surface area contributed by atoms with Crippen LogP contribution < -0.4 is 28.6 Å². The van der Waals surface area contributed by atoms with Crippen LogP contribution in [0.15, 0.2) is 186 Å². The van der Waals surface area contributed by atoms with Gasteiger partial charge in [0.15, 0.2) is 22.9 Å². The van der Waals surface area contributed by atoms with E-state index in [0.717, 1.165) is 34.1 Å². The smallest absolute Gasteiger partial charge is 0.512 e. The summed E-state index contributed by atoms with van der Waals surface area (Å²) in [5.74, 6) is -0.400. The third kappa shape index (κ3) is 26.9. The quantitative estimate of drug-likeness (QED) is 0.0852. The Labute approximate surface area is 656 Å². The third-order valence-corrected chi connectivity index (χ3v) is 11.7. The minimum atomic E-state index is -0.267. The Morgan fingerprint density at radius 1 is 0.448 bits per heavy atom. The number of aromatic nitrogens is 6. The number of hydrogen-bond donors (Lipinski definition) is 3. The van der Waals surface area contributed by atoms with Crippen molar-refractivity contribution in [1.82, 2.24) is 34.2 Å². The Kier molecular flexibility index (Phi) is 55.9. The number of halogens is 3. The van der Waals surface area contributed by atoms with E-state index in [1.54, 1.807) is 78.6 Å². The number of phenols is 1. The third-order valence-electron chi connectivity index (χ3n) is 10.8. The summed E-state index contributed by atoms with van der Waals surface area (Å²) in [6, 6.07) is 34.8. The average Bonchev–Trinajstić information content (AvgIpc) is 2.28. The normalized spacial score (nSPS) is 11.3. The van der Waals surface area contributed by atoms with Crippen molar-refractivity contribution in [3.05, 3.63) is 254 Å². The molecule has 2 aliphatic rings. The van der Waals surface area contributed by atoms with Gasteiger partial charge in [0, 0.05) is 175 Å². The first-order valence-corrected chi connectivity index (χ1v) is 23.5. The standard InChI is InChI=1S/2C17H14ClN3O2.C11H13N3O.C6H5ClO.6CN.Fe.3K.H3N.H2O/c2*1-11-16(19-12-8-9-15(22)14(18)10-12)17(23)21(20(11)2)13-6-4-3-5-7-13;1-8-10(12)11(15)14(13(8)2)9-6-4-3-5-7-9;7-5-3-1-2-4-6(5)8;6*1-2;;;;;;/h2*3-10H,1-2H3;3-7H,12H2,1-2H3;1-4,8H;;;;;;;;;;;1H3;1H2/q;;;;6*-1;+6;;;;;. The van der Waals surface area contributed by atoms with Crippen LogP contribution in [0.1, 0.15) is 17.1 Å². The number of rotatable bonds is 5. The van der Waals surface area contributed by atoms with Gasteiger partial charge in [0.25, 0.3) is 16.7 Å². The van der Waals surface area contributed by atoms with E-state index >= 15 is 0 Å². The molecule has 9 rings (SSSR count). The van der Waals surface area contributed by atoms with E-state index in [4.69, 9.17) is 117 Å². The van der Waals surface area contributed by atoms with Gasteiger partial charge in [-0.3, -0.25) is 38.0 Å². The molecule has 3 heterocycles. The fourth-order valence-electron chi connectivity index (χ4n) is 6.78. The predicted octanol–water partition coefficient (Wildman–Crippen LogP) is 7.52. The molecule has 8 N–H and O–H groups in total. The SMILES string of the molecule is Cc1c(N)c(=O)n(-c2ccccc2)n1C.Cc1c(N=C2C=CC(=O)C(Cl)=C2)c(=O)n(-c2ccccc2)n1C.Cc1c(N=C2C=CC(=O)C(Cl)=C2)c(=O)n(-c2ccccc2)n1C.N.O.Oc1ccccc1Cl.[C-]#N.[C-]#N.[C-]#N.[C-]#N.[C-]#N.[C-]#N.[Fe+6].[K].[K].[K]. The van der Waals surface area contributed by atoms with Gasteiger partial charge >= 0.3 is 17.1 Å². The molecule has 7 aromatic rings. The minimum absolute atomic E-state index is 0. The summed E-state index contributed by atoms with van der Waals surface area (Å²) in [7, 11) is 5.42. The number of ketones is 2. The van der Waals surface area contributed by atoms with E-state index in [1.165, 1.54) is 24.3 Å². The van der Waals surface area contributed by atoms with Crippen molar-refractivity contribution >= 4 is 229 Å². The zero-order valence-corrected chi connectivity index (χ0v) is 61.2. The maximum atomic E-state index is 12.7. The molecule has 2 aliphatic carbocycles. The van der Waals surface area contributed by atoms with Gasteiger partial charge in [-0.25, -0.2) is 24.0 Å². The number of carbonyl (C=O) groups is 2. The number of nitrogens with zero attached hydrogens (tertiary/aromatic N) is 14. The van der Waals surface area contributed by atoms with Crippen LogP contribution in [0, 0.1) is 91.8 Å². The largest absolute Gasteiger partial charge is 6.00 e. The maximum absolute atomic E-state index is 12.7. The molecule has 0 bridgehead atoms. The molecule has 0 aliphatic heterocycles. The molecule has 30 heteroatoms. The predicted molar refractivity (Wildman–Crippen MR) is 331 cm³/mol. The minimum Gasteiger partial charge on any atom is -0.512 e. The summed E-state index contributed by atoms with van der Waals surface area (Å²) < 4.78 is 9.92. The Morgan fingerprint density at radius 3 is 0.954 bits per heavy atom. The van der Waals surface area contributed by atoms with Crippen molar-refractivity contribution in [2.24, 2.45) is 31.1 Å². The first-order chi connectivity index (χ1) is 38.9. The molecular weight excluding hydrogens is 1300 g/mol. The van der Waals surface area contributed by atoms with Gasteiger partial charge in [-0.15, -0.1) is 0 Å². The molecule has 0 amide bonds. The number of allylic oxidation sites excluding steroid dienone is 8. The molecule has 0 fully saturated rings. The van der Waals surface area contributed by atoms with E-state index in [9.17, 15) is 24.0 Å². The fourth-order valence-corrected chi connectivity index (χ4v) is 7.27. The molecule has 0 spiro atoms. The summed E-state index contributed by atoms with van der Waals surface area (Å²) in [5, 5.41) is 46.9. The number of anilines is 1. The van der Waals surface area contributed by atoms with Crippen molar-refractivity contribution < 1.29 is 37.2 Å². The Morgan fingerprint density at radius 2 is 0.713 bits per heavy atom. The zero-order chi connectivity index (χ0) is 62.1. The summed E-state index contributed by atoms with van der Waals surface area (Å²) in [6.07, 6.45) is 8.70. The van der Waals surface area contributed by atoms with Crippen LogP contribution in [0.4, 0.5) is 17.1 Å². The van der Waals surface area contributed by atoms with E-state index in [-0.39, 0.29) is 227 Å². The maximum Gasteiger partial charge on any atom is 6.00 e. The molecule has 4 aromatic carbocycles. The van der Waals surface area contributed by atoms with Gasteiger partial charge in [0.05, 0.1) is 60.7 Å². The molecule has 0 unspecified atom stereocenters. The molecular formula is C57H51Cl3FeK3N16O7. The monoisotopic (exact) mass is 1350 g/mol. The number of nitrogens with two attached hydrogens (primary N) is 1. The van der Waals surface area contributed by atoms with Crippen molar-refractivity contribution in [2.45, 2.75) is 20.8 Å². The van der Waals surface area contributed by atoms with Gasteiger partial charge in [-0.05, 0) is 106 Å². The van der Waals surface area contributed by atoms with E-state index in [2.05, 4.69) is 9.98 Å². The van der Waals surface area contributed by atoms with Crippen LogP contribution in [0.5, 0.6) is 5.75 Å². The summed E-state index contributed by atoms with van der Waals surface area (Å²) in [5.41, 5.74) is 11.6.